The number of nitrogens with zero attached hydrogens (tertiary/aromatic N) is 3. The van der Waals surface area contributed by atoms with Gasteiger partial charge >= 0.3 is 0 Å². The van der Waals surface area contributed by atoms with Crippen LogP contribution in [0.15, 0.2) is 0 Å². The van der Waals surface area contributed by atoms with Crippen molar-refractivity contribution < 1.29 is 9.84 Å². The van der Waals surface area contributed by atoms with Gasteiger partial charge in [0.1, 0.15) is 5.82 Å². The summed E-state index contributed by atoms with van der Waals surface area (Å²) in [6, 6.07) is 0.0859. The van der Waals surface area contributed by atoms with Gasteiger partial charge in [-0.3, -0.25) is 4.68 Å². The molecule has 1 saturated heterocycles. The average Bonchev–Trinajstić information content (AvgIpc) is 2.82. The van der Waals surface area contributed by atoms with Crippen LogP contribution in [0.5, 0.6) is 0 Å². The van der Waals surface area contributed by atoms with Crippen LogP contribution in [0.4, 0.5) is 5.82 Å². The second-order valence-corrected chi connectivity index (χ2v) is 6.03. The Morgan fingerprint density at radius 2 is 1.95 bits per heavy atom. The first-order chi connectivity index (χ1) is 10.0. The van der Waals surface area contributed by atoms with Crippen LogP contribution in [0.2, 0.25) is 0 Å². The molecule has 1 aromatic rings. The highest BCUT2D eigenvalue weighted by atomic mass is 16.5. The first-order valence-electron chi connectivity index (χ1n) is 7.77. The Hall–Kier alpha value is -1.11. The van der Waals surface area contributed by atoms with Gasteiger partial charge in [-0.15, -0.1) is 0 Å². The number of hydrogen-bond acceptors (Lipinski definition) is 5. The third-order valence-corrected chi connectivity index (χ3v) is 3.90. The molecule has 0 spiro atoms. The molecule has 0 aromatic carbocycles. The molecule has 1 aromatic heterocycles. The summed E-state index contributed by atoms with van der Waals surface area (Å²) in [5.41, 5.74) is 2.38. The highest BCUT2D eigenvalue weighted by molar-refractivity contribution is 5.51. The molecule has 2 heterocycles. The molecule has 0 saturated carbocycles. The molecule has 1 aliphatic rings. The number of aromatic nitrogens is 2. The van der Waals surface area contributed by atoms with E-state index < -0.39 is 0 Å². The van der Waals surface area contributed by atoms with Crippen LogP contribution < -0.4 is 10.2 Å². The quantitative estimate of drug-likeness (QED) is 0.815. The van der Waals surface area contributed by atoms with E-state index in [9.17, 15) is 5.11 Å². The van der Waals surface area contributed by atoms with Crippen molar-refractivity contribution >= 4 is 5.82 Å². The van der Waals surface area contributed by atoms with Crippen LogP contribution in [-0.2, 0) is 18.3 Å². The summed E-state index contributed by atoms with van der Waals surface area (Å²) in [6.45, 7) is 10.5. The summed E-state index contributed by atoms with van der Waals surface area (Å²) in [6.07, 6.45) is 0. The van der Waals surface area contributed by atoms with Crippen molar-refractivity contribution in [2.45, 2.75) is 39.3 Å². The van der Waals surface area contributed by atoms with E-state index in [0.29, 0.717) is 5.92 Å². The van der Waals surface area contributed by atoms with Crippen molar-refractivity contribution in [2.24, 2.45) is 7.05 Å². The number of rotatable bonds is 6. The Morgan fingerprint density at radius 1 is 1.29 bits per heavy atom. The van der Waals surface area contributed by atoms with Crippen molar-refractivity contribution in [2.75, 3.05) is 37.8 Å². The lowest BCUT2D eigenvalue weighted by Crippen LogP contribution is -2.38. The smallest absolute Gasteiger partial charge is 0.131 e. The number of ether oxygens (including phenoxy) is 1. The zero-order chi connectivity index (χ0) is 15.4. The van der Waals surface area contributed by atoms with Crippen LogP contribution in [0, 0.1) is 0 Å². The number of aliphatic hydroxyl groups excluding tert-OH is 1. The maximum Gasteiger partial charge on any atom is 0.131 e. The zero-order valence-corrected chi connectivity index (χ0v) is 13.6. The SMILES string of the molecule is CC(C)c1nn(C)c(N2CCOCC2)c1CN[C@@H](C)CO. The number of hydrogen-bond donors (Lipinski definition) is 2. The Balaban J connectivity index is 2.28. The number of anilines is 1. The van der Waals surface area contributed by atoms with Gasteiger partial charge in [0.25, 0.3) is 0 Å². The molecule has 6 nitrogen and oxygen atoms in total. The lowest BCUT2D eigenvalue weighted by atomic mass is 10.0. The van der Waals surface area contributed by atoms with Crippen molar-refractivity contribution in [1.29, 1.82) is 0 Å². The maximum atomic E-state index is 9.20. The molecule has 1 aliphatic heterocycles. The number of nitrogens with one attached hydrogen (secondary N) is 1. The highest BCUT2D eigenvalue weighted by Gasteiger charge is 2.24. The molecule has 0 unspecified atom stereocenters. The molecule has 2 rings (SSSR count). The third kappa shape index (κ3) is 3.75. The van der Waals surface area contributed by atoms with E-state index in [-0.39, 0.29) is 12.6 Å². The van der Waals surface area contributed by atoms with Crippen LogP contribution in [0.3, 0.4) is 0 Å². The molecule has 0 aliphatic carbocycles. The van der Waals surface area contributed by atoms with Gasteiger partial charge in [-0.1, -0.05) is 13.8 Å². The van der Waals surface area contributed by atoms with Crippen LogP contribution in [0.1, 0.15) is 37.9 Å². The second kappa shape index (κ2) is 7.24. The van der Waals surface area contributed by atoms with Gasteiger partial charge in [0, 0.05) is 38.3 Å². The zero-order valence-electron chi connectivity index (χ0n) is 13.6. The van der Waals surface area contributed by atoms with E-state index in [1.165, 1.54) is 11.4 Å². The Morgan fingerprint density at radius 3 is 2.52 bits per heavy atom. The van der Waals surface area contributed by atoms with Gasteiger partial charge in [0.2, 0.25) is 0 Å². The summed E-state index contributed by atoms with van der Waals surface area (Å²) in [7, 11) is 2.01. The van der Waals surface area contributed by atoms with Crippen LogP contribution in [-0.4, -0.2) is 53.8 Å². The fourth-order valence-corrected chi connectivity index (χ4v) is 2.72. The van der Waals surface area contributed by atoms with Crippen molar-refractivity contribution in [3.63, 3.8) is 0 Å². The maximum absolute atomic E-state index is 9.20. The van der Waals surface area contributed by atoms with E-state index in [2.05, 4.69) is 24.1 Å². The minimum atomic E-state index is 0.0859. The highest BCUT2D eigenvalue weighted by Crippen LogP contribution is 2.29. The molecule has 0 radical (unpaired) electrons. The Labute approximate surface area is 127 Å². The molecule has 21 heavy (non-hydrogen) atoms. The molecule has 0 bridgehead atoms. The lowest BCUT2D eigenvalue weighted by Gasteiger charge is -2.30. The topological polar surface area (TPSA) is 62.5 Å². The minimum Gasteiger partial charge on any atom is -0.395 e. The normalized spacial score (nSPS) is 17.5. The predicted octanol–water partition coefficient (Wildman–Crippen LogP) is 0.850. The molecule has 0 amide bonds. The fourth-order valence-electron chi connectivity index (χ4n) is 2.72. The van der Waals surface area contributed by atoms with Crippen molar-refractivity contribution in [1.82, 2.24) is 15.1 Å². The molecular formula is C15H28N4O2. The van der Waals surface area contributed by atoms with Gasteiger partial charge in [-0.25, -0.2) is 0 Å². The van der Waals surface area contributed by atoms with Crippen LogP contribution in [0.25, 0.3) is 0 Å². The standard InChI is InChI=1S/C15H28N4O2/c1-11(2)14-13(9-16-12(3)10-20)15(18(4)17-14)19-5-7-21-8-6-19/h11-12,16,20H,5-10H2,1-4H3/t12-/m0/s1. The largest absolute Gasteiger partial charge is 0.395 e. The molecule has 1 atom stereocenters. The molecule has 2 N–H and O–H groups in total. The molecule has 1 fully saturated rings. The minimum absolute atomic E-state index is 0.0859. The fraction of sp³-hybridized carbons (Fsp3) is 0.800. The number of aliphatic hydroxyl groups is 1. The van der Waals surface area contributed by atoms with Crippen molar-refractivity contribution in [3.8, 4) is 0 Å². The summed E-state index contributed by atoms with van der Waals surface area (Å²) in [5, 5.41) is 17.3. The van der Waals surface area contributed by atoms with Gasteiger partial charge in [0.15, 0.2) is 0 Å². The summed E-state index contributed by atoms with van der Waals surface area (Å²) in [5.74, 6) is 1.56. The monoisotopic (exact) mass is 296 g/mol. The Kier molecular flexibility index (Phi) is 5.61. The van der Waals surface area contributed by atoms with Crippen molar-refractivity contribution in [3.05, 3.63) is 11.3 Å². The molecule has 120 valence electrons. The van der Waals surface area contributed by atoms with E-state index in [1.807, 2.05) is 18.7 Å². The van der Waals surface area contributed by atoms with E-state index in [0.717, 1.165) is 38.5 Å². The van der Waals surface area contributed by atoms with E-state index in [4.69, 9.17) is 9.84 Å². The lowest BCUT2D eigenvalue weighted by molar-refractivity contribution is 0.122. The first-order valence-corrected chi connectivity index (χ1v) is 7.77. The van der Waals surface area contributed by atoms with Gasteiger partial charge in [-0.05, 0) is 12.8 Å². The van der Waals surface area contributed by atoms with E-state index in [1.54, 1.807) is 0 Å². The first kappa shape index (κ1) is 16.3. The molecule has 6 heteroatoms. The predicted molar refractivity (Wildman–Crippen MR) is 83.7 cm³/mol. The number of morpholine rings is 1. The molecular weight excluding hydrogens is 268 g/mol. The average molecular weight is 296 g/mol. The summed E-state index contributed by atoms with van der Waals surface area (Å²) < 4.78 is 7.44. The number of aryl methyl sites for hydroxylation is 1. The second-order valence-electron chi connectivity index (χ2n) is 6.03. The summed E-state index contributed by atoms with van der Waals surface area (Å²) in [4.78, 5) is 2.35. The summed E-state index contributed by atoms with van der Waals surface area (Å²) >= 11 is 0. The van der Waals surface area contributed by atoms with Crippen LogP contribution >= 0.6 is 0 Å². The van der Waals surface area contributed by atoms with E-state index >= 15 is 0 Å². The van der Waals surface area contributed by atoms with Gasteiger partial charge in [-0.2, -0.15) is 5.10 Å². The Bertz CT molecular complexity index is 453. The van der Waals surface area contributed by atoms with Gasteiger partial charge < -0.3 is 20.1 Å². The third-order valence-electron chi connectivity index (χ3n) is 3.90. The van der Waals surface area contributed by atoms with Gasteiger partial charge in [0.05, 0.1) is 25.5 Å².